The second-order valence-electron chi connectivity index (χ2n) is 10.5. The third kappa shape index (κ3) is 6.17. The summed E-state index contributed by atoms with van der Waals surface area (Å²) < 4.78 is 19.3. The van der Waals surface area contributed by atoms with E-state index in [1.54, 1.807) is 12.1 Å². The number of benzene rings is 2. The van der Waals surface area contributed by atoms with Crippen molar-refractivity contribution in [2.75, 3.05) is 32.1 Å². The molecule has 0 saturated carbocycles. The zero-order valence-corrected chi connectivity index (χ0v) is 21.5. The van der Waals surface area contributed by atoms with E-state index in [0.717, 1.165) is 34.3 Å². The van der Waals surface area contributed by atoms with E-state index in [1.165, 1.54) is 17.7 Å². The molecular weight excluding hydrogens is 441 g/mol. The number of carbonyl (C=O) groups is 1. The molecule has 3 aromatic rings. The molecule has 1 amide bonds. The summed E-state index contributed by atoms with van der Waals surface area (Å²) >= 11 is 0. The molecule has 1 fully saturated rings. The van der Waals surface area contributed by atoms with Crippen molar-refractivity contribution in [1.29, 1.82) is 0 Å². The maximum atomic E-state index is 13.8. The number of hydrogen-bond donors (Lipinski definition) is 0. The van der Waals surface area contributed by atoms with Gasteiger partial charge in [-0.3, -0.25) is 4.79 Å². The minimum atomic E-state index is -0.307. The molecule has 35 heavy (non-hydrogen) atoms. The van der Waals surface area contributed by atoms with Crippen LogP contribution in [0.3, 0.4) is 0 Å². The zero-order chi connectivity index (χ0) is 25.2. The highest BCUT2D eigenvalue weighted by Crippen LogP contribution is 2.31. The van der Waals surface area contributed by atoms with E-state index in [4.69, 9.17) is 9.72 Å². The van der Waals surface area contributed by atoms with Gasteiger partial charge >= 0.3 is 0 Å². The van der Waals surface area contributed by atoms with Crippen molar-refractivity contribution >= 4 is 22.6 Å². The van der Waals surface area contributed by atoms with Crippen molar-refractivity contribution in [3.05, 3.63) is 71.0 Å². The van der Waals surface area contributed by atoms with Crippen LogP contribution in [0.1, 0.15) is 43.4 Å². The summed E-state index contributed by atoms with van der Waals surface area (Å²) in [6.45, 7) is 7.79. The van der Waals surface area contributed by atoms with Crippen LogP contribution in [0.15, 0.2) is 48.5 Å². The first-order chi connectivity index (χ1) is 16.6. The van der Waals surface area contributed by atoms with E-state index >= 15 is 0 Å². The summed E-state index contributed by atoms with van der Waals surface area (Å²) in [7, 11) is 3.97. The topological polar surface area (TPSA) is 45.7 Å². The van der Waals surface area contributed by atoms with Gasteiger partial charge < -0.3 is 14.5 Å². The van der Waals surface area contributed by atoms with Gasteiger partial charge in [0.25, 0.3) is 0 Å². The summed E-state index contributed by atoms with van der Waals surface area (Å²) in [6, 6.07) is 15.0. The second kappa shape index (κ2) is 10.3. The molecule has 2 aromatic carbocycles. The molecule has 1 unspecified atom stereocenters. The highest BCUT2D eigenvalue weighted by molar-refractivity contribution is 5.83. The van der Waals surface area contributed by atoms with Crippen LogP contribution in [-0.4, -0.2) is 48.6 Å². The van der Waals surface area contributed by atoms with Gasteiger partial charge in [-0.2, -0.15) is 0 Å². The summed E-state index contributed by atoms with van der Waals surface area (Å²) in [5.41, 5.74) is 3.84. The van der Waals surface area contributed by atoms with Crippen LogP contribution in [0.5, 0.6) is 0 Å². The third-order valence-corrected chi connectivity index (χ3v) is 6.76. The lowest BCUT2D eigenvalue weighted by Gasteiger charge is -2.37. The van der Waals surface area contributed by atoms with Crippen molar-refractivity contribution in [2.45, 2.75) is 52.2 Å². The number of halogens is 1. The molecule has 6 heteroatoms. The van der Waals surface area contributed by atoms with Gasteiger partial charge in [0.2, 0.25) is 5.91 Å². The first-order valence-corrected chi connectivity index (χ1v) is 12.4. The summed E-state index contributed by atoms with van der Waals surface area (Å²) in [6.07, 6.45) is 2.09. The fourth-order valence-corrected chi connectivity index (χ4v) is 4.90. The van der Waals surface area contributed by atoms with Crippen molar-refractivity contribution in [1.82, 2.24) is 9.88 Å². The highest BCUT2D eigenvalue weighted by atomic mass is 19.1. The van der Waals surface area contributed by atoms with Gasteiger partial charge in [-0.05, 0) is 75.4 Å². The Morgan fingerprint density at radius 2 is 1.89 bits per heavy atom. The van der Waals surface area contributed by atoms with Crippen LogP contribution in [-0.2, 0) is 22.5 Å². The maximum Gasteiger partial charge on any atom is 0.226 e. The Labute approximate surface area is 207 Å². The number of anilines is 1. The van der Waals surface area contributed by atoms with E-state index in [9.17, 15) is 9.18 Å². The SMILES string of the molecule is Cc1ccc2cc(CN(CCc3ccc(F)cc3)C(=O)C3CCOC(C)(C)C3)c(N(C)C)nc2c1. The molecule has 5 nitrogen and oxygen atoms in total. The number of rotatable bonds is 7. The molecule has 1 aliphatic rings. The summed E-state index contributed by atoms with van der Waals surface area (Å²) in [5, 5.41) is 1.06. The molecule has 0 bridgehead atoms. The molecule has 4 rings (SSSR count). The molecule has 0 spiro atoms. The fourth-order valence-electron chi connectivity index (χ4n) is 4.90. The predicted octanol–water partition coefficient (Wildman–Crippen LogP) is 5.52. The number of hydrogen-bond acceptors (Lipinski definition) is 4. The number of aromatic nitrogens is 1. The van der Waals surface area contributed by atoms with E-state index in [-0.39, 0.29) is 23.2 Å². The average Bonchev–Trinajstić information content (AvgIpc) is 2.81. The van der Waals surface area contributed by atoms with Crippen LogP contribution in [0, 0.1) is 18.7 Å². The number of aryl methyl sites for hydroxylation is 1. The lowest BCUT2D eigenvalue weighted by Crippen LogP contribution is -2.44. The van der Waals surface area contributed by atoms with Crippen molar-refractivity contribution in [2.24, 2.45) is 5.92 Å². The first kappa shape index (κ1) is 25.1. The Morgan fingerprint density at radius 1 is 1.14 bits per heavy atom. The van der Waals surface area contributed by atoms with E-state index in [1.807, 2.05) is 23.9 Å². The van der Waals surface area contributed by atoms with Gasteiger partial charge in [0.05, 0.1) is 11.1 Å². The third-order valence-electron chi connectivity index (χ3n) is 6.76. The van der Waals surface area contributed by atoms with Crippen LogP contribution in [0.4, 0.5) is 10.2 Å². The zero-order valence-electron chi connectivity index (χ0n) is 21.5. The molecular formula is C29H36FN3O2. The molecule has 186 valence electrons. The van der Waals surface area contributed by atoms with E-state index in [2.05, 4.69) is 45.0 Å². The molecule has 1 saturated heterocycles. The van der Waals surface area contributed by atoms with Crippen LogP contribution in [0.25, 0.3) is 10.9 Å². The molecule has 0 radical (unpaired) electrons. The number of nitrogens with zero attached hydrogens (tertiary/aromatic N) is 3. The molecule has 1 aliphatic heterocycles. The van der Waals surface area contributed by atoms with Gasteiger partial charge in [-0.1, -0.05) is 24.3 Å². The Hall–Kier alpha value is -2.99. The average molecular weight is 478 g/mol. The van der Waals surface area contributed by atoms with Crippen molar-refractivity contribution in [3.63, 3.8) is 0 Å². The van der Waals surface area contributed by atoms with Gasteiger partial charge in [-0.15, -0.1) is 0 Å². The van der Waals surface area contributed by atoms with Gasteiger partial charge in [0.1, 0.15) is 11.6 Å². The Morgan fingerprint density at radius 3 is 2.57 bits per heavy atom. The second-order valence-corrected chi connectivity index (χ2v) is 10.5. The molecule has 2 heterocycles. The monoisotopic (exact) mass is 477 g/mol. The predicted molar refractivity (Wildman–Crippen MR) is 139 cm³/mol. The van der Waals surface area contributed by atoms with Crippen LogP contribution < -0.4 is 4.90 Å². The lowest BCUT2D eigenvalue weighted by molar-refractivity contribution is -0.146. The number of fused-ring (bicyclic) bond motifs is 1. The minimum Gasteiger partial charge on any atom is -0.376 e. The van der Waals surface area contributed by atoms with E-state index in [0.29, 0.717) is 32.5 Å². The normalized spacial score (nSPS) is 17.4. The Balaban J connectivity index is 1.65. The summed E-state index contributed by atoms with van der Waals surface area (Å²) in [4.78, 5) is 22.7. The Kier molecular flexibility index (Phi) is 7.41. The maximum absolute atomic E-state index is 13.8. The minimum absolute atomic E-state index is 0.0779. The number of carbonyl (C=O) groups excluding carboxylic acids is 1. The van der Waals surface area contributed by atoms with Crippen LogP contribution >= 0.6 is 0 Å². The van der Waals surface area contributed by atoms with Crippen molar-refractivity contribution < 1.29 is 13.9 Å². The fraction of sp³-hybridized carbons (Fsp3) is 0.448. The Bertz CT molecular complexity index is 1190. The quantitative estimate of drug-likeness (QED) is 0.449. The molecule has 0 aliphatic carbocycles. The smallest absolute Gasteiger partial charge is 0.226 e. The van der Waals surface area contributed by atoms with Crippen LogP contribution in [0.2, 0.25) is 0 Å². The number of ether oxygens (including phenoxy) is 1. The van der Waals surface area contributed by atoms with Gasteiger partial charge in [-0.25, -0.2) is 9.37 Å². The largest absolute Gasteiger partial charge is 0.376 e. The van der Waals surface area contributed by atoms with Crippen molar-refractivity contribution in [3.8, 4) is 0 Å². The van der Waals surface area contributed by atoms with Gasteiger partial charge in [0, 0.05) is 50.7 Å². The number of amides is 1. The molecule has 0 N–H and O–H groups in total. The first-order valence-electron chi connectivity index (χ1n) is 12.4. The standard InChI is InChI=1S/C29H36FN3O2/c1-20-6-9-22-17-24(27(32(4)5)31-26(22)16-20)19-33(14-12-21-7-10-25(30)11-8-21)28(34)23-13-15-35-29(2,3)18-23/h6-11,16-17,23H,12-15,18-19H2,1-5H3. The lowest BCUT2D eigenvalue weighted by atomic mass is 9.87. The molecule has 1 aromatic heterocycles. The highest BCUT2D eigenvalue weighted by Gasteiger charge is 2.35. The van der Waals surface area contributed by atoms with Gasteiger partial charge in [0.15, 0.2) is 0 Å². The summed E-state index contributed by atoms with van der Waals surface area (Å²) in [5.74, 6) is 0.692. The molecule has 1 atom stereocenters. The van der Waals surface area contributed by atoms with E-state index < -0.39 is 0 Å². The number of pyridine rings is 1.